The Hall–Kier alpha value is -3.15. The lowest BCUT2D eigenvalue weighted by molar-refractivity contribution is -0.122. The number of carbonyl (C=O) groups excluding carboxylic acids is 3. The van der Waals surface area contributed by atoms with Crippen molar-refractivity contribution in [2.75, 3.05) is 23.4 Å². The van der Waals surface area contributed by atoms with Gasteiger partial charge in [0.05, 0.1) is 18.1 Å². The second-order valence-electron chi connectivity index (χ2n) is 7.81. The third kappa shape index (κ3) is 5.26. The predicted molar refractivity (Wildman–Crippen MR) is 117 cm³/mol. The van der Waals surface area contributed by atoms with E-state index in [0.29, 0.717) is 24.4 Å². The average molecular weight is 408 g/mol. The zero-order valence-corrected chi connectivity index (χ0v) is 17.7. The molecule has 1 aliphatic heterocycles. The molecule has 2 amide bonds. The molecule has 0 aliphatic carbocycles. The van der Waals surface area contributed by atoms with Gasteiger partial charge >= 0.3 is 5.97 Å². The van der Waals surface area contributed by atoms with Gasteiger partial charge in [0.25, 0.3) is 0 Å². The molecule has 6 nitrogen and oxygen atoms in total. The van der Waals surface area contributed by atoms with E-state index in [9.17, 15) is 14.4 Å². The van der Waals surface area contributed by atoms with E-state index >= 15 is 0 Å². The maximum Gasteiger partial charge on any atom is 0.338 e. The van der Waals surface area contributed by atoms with E-state index in [0.717, 1.165) is 29.7 Å². The average Bonchev–Trinajstić information content (AvgIpc) is 3.10. The number of hydrogen-bond donors (Lipinski definition) is 1. The van der Waals surface area contributed by atoms with Crippen LogP contribution in [0.15, 0.2) is 42.5 Å². The number of benzene rings is 2. The first-order valence-corrected chi connectivity index (χ1v) is 10.3. The minimum Gasteiger partial charge on any atom is -0.462 e. The van der Waals surface area contributed by atoms with Crippen LogP contribution in [-0.2, 0) is 14.3 Å². The number of ether oxygens (including phenoxy) is 1. The van der Waals surface area contributed by atoms with Crippen LogP contribution in [-0.4, -0.2) is 30.9 Å². The smallest absolute Gasteiger partial charge is 0.338 e. The number of unbranched alkanes of at least 4 members (excludes halogenated alkanes) is 1. The fourth-order valence-electron chi connectivity index (χ4n) is 3.57. The van der Waals surface area contributed by atoms with E-state index in [-0.39, 0.29) is 24.2 Å². The van der Waals surface area contributed by atoms with E-state index in [4.69, 9.17) is 4.74 Å². The summed E-state index contributed by atoms with van der Waals surface area (Å²) in [5.74, 6) is -1.04. The van der Waals surface area contributed by atoms with Crippen molar-refractivity contribution < 1.29 is 19.1 Å². The number of amides is 2. The Morgan fingerprint density at radius 1 is 1.10 bits per heavy atom. The van der Waals surface area contributed by atoms with Crippen molar-refractivity contribution in [1.29, 1.82) is 0 Å². The molecule has 30 heavy (non-hydrogen) atoms. The van der Waals surface area contributed by atoms with Crippen molar-refractivity contribution in [2.45, 2.75) is 40.0 Å². The molecule has 1 fully saturated rings. The summed E-state index contributed by atoms with van der Waals surface area (Å²) in [6, 6.07) is 12.6. The lowest BCUT2D eigenvalue weighted by Gasteiger charge is -2.18. The van der Waals surface area contributed by atoms with Crippen LogP contribution in [0.1, 0.15) is 47.7 Å². The Morgan fingerprint density at radius 3 is 2.40 bits per heavy atom. The van der Waals surface area contributed by atoms with Crippen LogP contribution in [0.3, 0.4) is 0 Å². The van der Waals surface area contributed by atoms with E-state index < -0.39 is 5.92 Å². The molecule has 0 radical (unpaired) electrons. The van der Waals surface area contributed by atoms with Crippen LogP contribution in [0, 0.1) is 19.8 Å². The normalized spacial score (nSPS) is 15.9. The molecule has 6 heteroatoms. The number of hydrogen-bond acceptors (Lipinski definition) is 4. The summed E-state index contributed by atoms with van der Waals surface area (Å²) in [5.41, 5.74) is 4.03. The Kier molecular flexibility index (Phi) is 6.87. The van der Waals surface area contributed by atoms with Gasteiger partial charge in [-0.1, -0.05) is 19.4 Å². The molecule has 0 bridgehead atoms. The largest absolute Gasteiger partial charge is 0.462 e. The molecule has 0 unspecified atom stereocenters. The van der Waals surface area contributed by atoms with Gasteiger partial charge < -0.3 is 15.0 Å². The van der Waals surface area contributed by atoms with Crippen molar-refractivity contribution >= 4 is 29.2 Å². The highest BCUT2D eigenvalue weighted by atomic mass is 16.5. The third-order valence-corrected chi connectivity index (χ3v) is 5.13. The summed E-state index contributed by atoms with van der Waals surface area (Å²) in [4.78, 5) is 38.8. The Labute approximate surface area is 177 Å². The van der Waals surface area contributed by atoms with Gasteiger partial charge in [-0.15, -0.1) is 0 Å². The molecule has 1 saturated heterocycles. The van der Waals surface area contributed by atoms with Gasteiger partial charge in [-0.05, 0) is 67.8 Å². The highest BCUT2D eigenvalue weighted by Crippen LogP contribution is 2.27. The van der Waals surface area contributed by atoms with Crippen molar-refractivity contribution in [1.82, 2.24) is 0 Å². The van der Waals surface area contributed by atoms with Gasteiger partial charge in [-0.2, -0.15) is 0 Å². The second-order valence-corrected chi connectivity index (χ2v) is 7.81. The molecule has 0 aromatic heterocycles. The molecule has 2 aromatic carbocycles. The number of carbonyl (C=O) groups is 3. The maximum absolute atomic E-state index is 12.7. The zero-order chi connectivity index (χ0) is 21.7. The van der Waals surface area contributed by atoms with Crippen LogP contribution in [0.4, 0.5) is 11.4 Å². The molecule has 3 rings (SSSR count). The van der Waals surface area contributed by atoms with Crippen LogP contribution < -0.4 is 10.2 Å². The molecule has 1 N–H and O–H groups in total. The van der Waals surface area contributed by atoms with Crippen LogP contribution in [0.25, 0.3) is 0 Å². The van der Waals surface area contributed by atoms with Gasteiger partial charge in [-0.25, -0.2) is 4.79 Å². The Morgan fingerprint density at radius 2 is 1.77 bits per heavy atom. The van der Waals surface area contributed by atoms with E-state index in [2.05, 4.69) is 11.4 Å². The number of anilines is 2. The molecule has 158 valence electrons. The SMILES string of the molecule is CCCCOC(=O)c1ccc(NC(=O)[C@H]2CC(=O)N(c3cc(C)cc(C)c3)C2)cc1. The predicted octanol–water partition coefficient (Wildman–Crippen LogP) is 4.25. The van der Waals surface area contributed by atoms with Gasteiger partial charge in [0.15, 0.2) is 0 Å². The molecule has 0 spiro atoms. The Bertz CT molecular complexity index is 916. The molecule has 0 saturated carbocycles. The van der Waals surface area contributed by atoms with Crippen molar-refractivity contribution in [3.63, 3.8) is 0 Å². The highest BCUT2D eigenvalue weighted by molar-refractivity contribution is 6.03. The third-order valence-electron chi connectivity index (χ3n) is 5.13. The number of aryl methyl sites for hydroxylation is 2. The summed E-state index contributed by atoms with van der Waals surface area (Å²) >= 11 is 0. The zero-order valence-electron chi connectivity index (χ0n) is 17.7. The van der Waals surface area contributed by atoms with Crippen molar-refractivity contribution in [3.05, 3.63) is 59.2 Å². The molecule has 1 atom stereocenters. The first-order valence-electron chi connectivity index (χ1n) is 10.3. The van der Waals surface area contributed by atoms with E-state index in [1.54, 1.807) is 29.2 Å². The number of nitrogens with one attached hydrogen (secondary N) is 1. The molecule has 1 heterocycles. The fraction of sp³-hybridized carbons (Fsp3) is 0.375. The van der Waals surface area contributed by atoms with Gasteiger partial charge in [0.2, 0.25) is 11.8 Å². The highest BCUT2D eigenvalue weighted by Gasteiger charge is 2.35. The lowest BCUT2D eigenvalue weighted by atomic mass is 10.1. The van der Waals surface area contributed by atoms with Crippen molar-refractivity contribution in [2.24, 2.45) is 5.92 Å². The monoisotopic (exact) mass is 408 g/mol. The summed E-state index contributed by atoms with van der Waals surface area (Å²) in [6.45, 7) is 6.77. The maximum atomic E-state index is 12.7. The summed E-state index contributed by atoms with van der Waals surface area (Å²) in [5, 5.41) is 2.85. The minimum atomic E-state index is -0.419. The lowest BCUT2D eigenvalue weighted by Crippen LogP contribution is -2.28. The van der Waals surface area contributed by atoms with Crippen LogP contribution in [0.5, 0.6) is 0 Å². The quantitative estimate of drug-likeness (QED) is 0.549. The van der Waals surface area contributed by atoms with Crippen molar-refractivity contribution in [3.8, 4) is 0 Å². The number of nitrogens with zero attached hydrogens (tertiary/aromatic N) is 1. The van der Waals surface area contributed by atoms with Gasteiger partial charge in [0, 0.05) is 24.3 Å². The minimum absolute atomic E-state index is 0.0506. The topological polar surface area (TPSA) is 75.7 Å². The number of rotatable bonds is 7. The molecular formula is C24H28N2O4. The molecule has 1 aliphatic rings. The Balaban J connectivity index is 1.60. The first kappa shape index (κ1) is 21.6. The van der Waals surface area contributed by atoms with Gasteiger partial charge in [0.1, 0.15) is 0 Å². The second kappa shape index (κ2) is 9.57. The summed E-state index contributed by atoms with van der Waals surface area (Å²) < 4.78 is 5.18. The van der Waals surface area contributed by atoms with Crippen LogP contribution in [0.2, 0.25) is 0 Å². The van der Waals surface area contributed by atoms with Crippen LogP contribution >= 0.6 is 0 Å². The summed E-state index contributed by atoms with van der Waals surface area (Å²) in [7, 11) is 0. The van der Waals surface area contributed by atoms with E-state index in [1.807, 2.05) is 32.9 Å². The van der Waals surface area contributed by atoms with Gasteiger partial charge in [-0.3, -0.25) is 9.59 Å². The fourth-order valence-corrected chi connectivity index (χ4v) is 3.57. The molecular weight excluding hydrogens is 380 g/mol. The standard InChI is InChI=1S/C24H28N2O4/c1-4-5-10-30-24(29)18-6-8-20(9-7-18)25-23(28)19-14-22(27)26(15-19)21-12-16(2)11-17(3)13-21/h6-9,11-13,19H,4-5,10,14-15H2,1-3H3,(H,25,28)/t19-/m0/s1. The molecule has 2 aromatic rings. The first-order chi connectivity index (χ1) is 14.4. The summed E-state index contributed by atoms with van der Waals surface area (Å²) in [6.07, 6.45) is 1.97. The van der Waals surface area contributed by atoms with E-state index in [1.165, 1.54) is 0 Å². The number of esters is 1.